The molecule has 0 saturated carbocycles. The van der Waals surface area contributed by atoms with Crippen LogP contribution in [0.4, 0.5) is 0 Å². The van der Waals surface area contributed by atoms with E-state index in [4.69, 9.17) is 24.3 Å². The number of carbonyl (C=O) groups is 2. The Bertz CT molecular complexity index is 876. The molecule has 0 aliphatic heterocycles. The van der Waals surface area contributed by atoms with Crippen LogP contribution in [-0.4, -0.2) is 49.3 Å². The first-order valence-electron chi connectivity index (χ1n) is 23.5. The van der Waals surface area contributed by atoms with Gasteiger partial charge in [-0.1, -0.05) is 219 Å². The number of carbonyl (C=O) groups excluding carboxylic acids is 2. The van der Waals surface area contributed by atoms with Gasteiger partial charge in [0.2, 0.25) is 0 Å². The van der Waals surface area contributed by atoms with Crippen molar-refractivity contribution < 1.29 is 37.6 Å². The topological polar surface area (TPSA) is 134 Å². The van der Waals surface area contributed by atoms with E-state index in [0.717, 1.165) is 32.1 Å². The van der Waals surface area contributed by atoms with Crippen molar-refractivity contribution in [1.29, 1.82) is 0 Å². The van der Waals surface area contributed by atoms with Gasteiger partial charge in [-0.25, -0.2) is 4.57 Å². The number of phosphoric ester groups is 1. The van der Waals surface area contributed by atoms with Gasteiger partial charge in [-0.3, -0.25) is 18.6 Å². The molecule has 2 unspecified atom stereocenters. The molecular weight excluding hydrogens is 713 g/mol. The lowest BCUT2D eigenvalue weighted by Gasteiger charge is -2.19. The van der Waals surface area contributed by atoms with E-state index in [2.05, 4.69) is 13.8 Å². The molecule has 10 heteroatoms. The zero-order valence-electron chi connectivity index (χ0n) is 36.2. The van der Waals surface area contributed by atoms with Crippen molar-refractivity contribution in [1.82, 2.24) is 0 Å². The number of hydrogen-bond donors (Lipinski definition) is 2. The predicted molar refractivity (Wildman–Crippen MR) is 229 cm³/mol. The van der Waals surface area contributed by atoms with E-state index in [1.54, 1.807) is 0 Å². The number of unbranched alkanes of at least 4 members (excludes halogenated alkanes) is 32. The molecule has 0 aromatic heterocycles. The number of ether oxygens (including phenoxy) is 2. The molecule has 0 saturated heterocycles. The van der Waals surface area contributed by atoms with Crippen LogP contribution in [0.25, 0.3) is 0 Å². The van der Waals surface area contributed by atoms with Gasteiger partial charge in [-0.05, 0) is 12.8 Å². The molecule has 0 spiro atoms. The van der Waals surface area contributed by atoms with Gasteiger partial charge >= 0.3 is 19.8 Å². The number of rotatable bonds is 45. The van der Waals surface area contributed by atoms with Crippen LogP contribution in [0, 0.1) is 0 Å². The number of phosphoric acid groups is 1. The minimum absolute atomic E-state index is 0.0582. The van der Waals surface area contributed by atoms with Crippen LogP contribution in [0.2, 0.25) is 0 Å². The van der Waals surface area contributed by atoms with Crippen molar-refractivity contribution in [2.24, 2.45) is 5.73 Å². The summed E-state index contributed by atoms with van der Waals surface area (Å²) in [6, 6.07) is 0. The van der Waals surface area contributed by atoms with Gasteiger partial charge in [-0.15, -0.1) is 0 Å². The third kappa shape index (κ3) is 42.4. The molecule has 2 atom stereocenters. The second-order valence-electron chi connectivity index (χ2n) is 16.0. The molecule has 0 radical (unpaired) electrons. The van der Waals surface area contributed by atoms with Gasteiger partial charge in [0.05, 0.1) is 13.2 Å². The van der Waals surface area contributed by atoms with Gasteiger partial charge < -0.3 is 20.1 Å². The molecule has 0 aliphatic rings. The summed E-state index contributed by atoms with van der Waals surface area (Å²) in [5.74, 6) is -0.809. The third-order valence-electron chi connectivity index (χ3n) is 10.5. The molecule has 0 aromatic carbocycles. The fourth-order valence-corrected chi connectivity index (χ4v) is 7.76. The summed E-state index contributed by atoms with van der Waals surface area (Å²) in [5, 5.41) is 0. The molecule has 0 aliphatic carbocycles. The fourth-order valence-electron chi connectivity index (χ4n) is 6.99. The first-order chi connectivity index (χ1) is 26.8. The van der Waals surface area contributed by atoms with Crippen LogP contribution in [0.5, 0.6) is 0 Å². The Morgan fingerprint density at radius 3 is 1.11 bits per heavy atom. The molecule has 55 heavy (non-hydrogen) atoms. The van der Waals surface area contributed by atoms with E-state index in [0.29, 0.717) is 6.42 Å². The van der Waals surface area contributed by atoms with Crippen LogP contribution in [0.15, 0.2) is 0 Å². The van der Waals surface area contributed by atoms with Gasteiger partial charge in [0.25, 0.3) is 0 Å². The summed E-state index contributed by atoms with van der Waals surface area (Å²) in [6.45, 7) is 3.79. The summed E-state index contributed by atoms with van der Waals surface area (Å²) in [4.78, 5) is 34.9. The zero-order chi connectivity index (χ0) is 40.3. The Labute approximate surface area is 339 Å². The van der Waals surface area contributed by atoms with Crippen molar-refractivity contribution in [3.8, 4) is 0 Å². The molecule has 0 aromatic rings. The summed E-state index contributed by atoms with van der Waals surface area (Å²) < 4.78 is 32.9. The molecule has 0 fully saturated rings. The van der Waals surface area contributed by atoms with Crippen LogP contribution < -0.4 is 5.73 Å². The van der Waals surface area contributed by atoms with E-state index >= 15 is 0 Å². The molecule has 0 amide bonds. The Morgan fingerprint density at radius 1 is 0.473 bits per heavy atom. The lowest BCUT2D eigenvalue weighted by atomic mass is 10.0. The Morgan fingerprint density at radius 2 is 0.782 bits per heavy atom. The highest BCUT2D eigenvalue weighted by molar-refractivity contribution is 7.47. The van der Waals surface area contributed by atoms with Crippen LogP contribution in [0.1, 0.15) is 245 Å². The standard InChI is InChI=1S/C45H90NO8P/c1-3-5-7-9-11-13-15-17-19-21-22-24-26-28-30-32-34-36-38-45(48)54-43(42-53-55(49,50)52-40-39-46)41-51-44(47)37-35-33-31-29-27-25-23-20-18-16-14-12-10-8-6-4-2/h43H,3-42,46H2,1-2H3,(H,49,50). The monoisotopic (exact) mass is 804 g/mol. The Hall–Kier alpha value is -0.990. The number of nitrogens with two attached hydrogens (primary N) is 1. The van der Waals surface area contributed by atoms with Crippen LogP contribution >= 0.6 is 7.82 Å². The van der Waals surface area contributed by atoms with Gasteiger partial charge in [-0.2, -0.15) is 0 Å². The lowest BCUT2D eigenvalue weighted by Crippen LogP contribution is -2.29. The summed E-state index contributed by atoms with van der Waals surface area (Å²) in [7, 11) is -4.37. The first-order valence-corrected chi connectivity index (χ1v) is 25.0. The molecule has 0 rings (SSSR count). The summed E-state index contributed by atoms with van der Waals surface area (Å²) >= 11 is 0. The predicted octanol–water partition coefficient (Wildman–Crippen LogP) is 13.6. The number of esters is 2. The highest BCUT2D eigenvalue weighted by Gasteiger charge is 2.26. The van der Waals surface area contributed by atoms with Gasteiger partial charge in [0.1, 0.15) is 6.61 Å². The maximum atomic E-state index is 12.6. The maximum absolute atomic E-state index is 12.6. The Kier molecular flexibility index (Phi) is 41.8. The minimum Gasteiger partial charge on any atom is -0.462 e. The normalized spacial score (nSPS) is 13.2. The number of hydrogen-bond acceptors (Lipinski definition) is 8. The van der Waals surface area contributed by atoms with E-state index in [-0.39, 0.29) is 38.6 Å². The van der Waals surface area contributed by atoms with Gasteiger partial charge in [0.15, 0.2) is 6.10 Å². The van der Waals surface area contributed by atoms with Crippen LogP contribution in [-0.2, 0) is 32.7 Å². The smallest absolute Gasteiger partial charge is 0.462 e. The van der Waals surface area contributed by atoms with Crippen molar-refractivity contribution in [2.75, 3.05) is 26.4 Å². The Balaban J connectivity index is 4.05. The van der Waals surface area contributed by atoms with Crippen molar-refractivity contribution in [3.05, 3.63) is 0 Å². The SMILES string of the molecule is CCCCCCCCCCCCCCCCCCCCC(=O)OC(COC(=O)CCCCCCCCCCCCCCCCCC)COP(=O)(O)OCCN. The highest BCUT2D eigenvalue weighted by Crippen LogP contribution is 2.43. The fraction of sp³-hybridized carbons (Fsp3) is 0.956. The molecular formula is C45H90NO8P. The molecule has 9 nitrogen and oxygen atoms in total. The van der Waals surface area contributed by atoms with Gasteiger partial charge in [0, 0.05) is 19.4 Å². The van der Waals surface area contributed by atoms with Crippen molar-refractivity contribution in [3.63, 3.8) is 0 Å². The molecule has 328 valence electrons. The maximum Gasteiger partial charge on any atom is 0.472 e. The third-order valence-corrected chi connectivity index (χ3v) is 11.5. The minimum atomic E-state index is -4.37. The average molecular weight is 804 g/mol. The largest absolute Gasteiger partial charge is 0.472 e. The van der Waals surface area contributed by atoms with Crippen molar-refractivity contribution in [2.45, 2.75) is 251 Å². The van der Waals surface area contributed by atoms with Crippen LogP contribution in [0.3, 0.4) is 0 Å². The molecule has 0 bridgehead atoms. The lowest BCUT2D eigenvalue weighted by molar-refractivity contribution is -0.161. The second-order valence-corrected chi connectivity index (χ2v) is 17.4. The second kappa shape index (κ2) is 42.6. The average Bonchev–Trinajstić information content (AvgIpc) is 3.17. The summed E-state index contributed by atoms with van der Waals surface area (Å²) in [6.07, 6.45) is 42.7. The highest BCUT2D eigenvalue weighted by atomic mass is 31.2. The van der Waals surface area contributed by atoms with E-state index in [9.17, 15) is 19.0 Å². The van der Waals surface area contributed by atoms with E-state index in [1.807, 2.05) is 0 Å². The van der Waals surface area contributed by atoms with Crippen molar-refractivity contribution >= 4 is 19.8 Å². The van der Waals surface area contributed by atoms with E-state index < -0.39 is 26.5 Å². The quantitative estimate of drug-likeness (QED) is 0.0350. The molecule has 0 heterocycles. The first kappa shape index (κ1) is 54.0. The molecule has 3 N–H and O–H groups in total. The van der Waals surface area contributed by atoms with E-state index in [1.165, 1.54) is 180 Å². The summed E-state index contributed by atoms with van der Waals surface area (Å²) in [5.41, 5.74) is 5.36. The zero-order valence-corrected chi connectivity index (χ0v) is 37.1.